The zero-order chi connectivity index (χ0) is 13.8. The summed E-state index contributed by atoms with van der Waals surface area (Å²) in [6.07, 6.45) is 0.701. The van der Waals surface area contributed by atoms with Gasteiger partial charge in [-0.1, -0.05) is 26.2 Å². The Hall–Kier alpha value is -0.250. The molecule has 0 aromatic rings. The smallest absolute Gasteiger partial charge is 0.389 e. The molecule has 18 heavy (non-hydrogen) atoms. The van der Waals surface area contributed by atoms with Gasteiger partial charge in [0.1, 0.15) is 0 Å². The summed E-state index contributed by atoms with van der Waals surface area (Å²) in [4.78, 5) is 0. The third-order valence-electron chi connectivity index (χ3n) is 4.45. The standard InChI is InChI=1S/C14H25F3O/c1-3-11-5-7-12(8-6-11)13(2,18)9-4-10-14(15,16)17/h11-12,18H,3-10H2,1-2H3. The van der Waals surface area contributed by atoms with Crippen LogP contribution in [-0.2, 0) is 0 Å². The highest BCUT2D eigenvalue weighted by Gasteiger charge is 2.35. The number of hydrogen-bond donors (Lipinski definition) is 1. The predicted molar refractivity (Wildman–Crippen MR) is 66.3 cm³/mol. The van der Waals surface area contributed by atoms with Crippen LogP contribution in [0.3, 0.4) is 0 Å². The maximum Gasteiger partial charge on any atom is 0.389 e. The lowest BCUT2D eigenvalue weighted by Crippen LogP contribution is -2.37. The van der Waals surface area contributed by atoms with E-state index in [9.17, 15) is 18.3 Å². The average Bonchev–Trinajstić information content (AvgIpc) is 2.27. The van der Waals surface area contributed by atoms with Crippen molar-refractivity contribution >= 4 is 0 Å². The molecule has 1 nitrogen and oxygen atoms in total. The molecule has 1 N–H and O–H groups in total. The molecule has 0 aromatic heterocycles. The third kappa shape index (κ3) is 5.17. The van der Waals surface area contributed by atoms with Crippen LogP contribution in [0, 0.1) is 11.8 Å². The van der Waals surface area contributed by atoms with E-state index in [2.05, 4.69) is 6.92 Å². The largest absolute Gasteiger partial charge is 0.390 e. The summed E-state index contributed by atoms with van der Waals surface area (Å²) >= 11 is 0. The van der Waals surface area contributed by atoms with Crippen molar-refractivity contribution in [3.8, 4) is 0 Å². The van der Waals surface area contributed by atoms with Crippen molar-refractivity contribution in [2.75, 3.05) is 0 Å². The van der Waals surface area contributed by atoms with Crippen molar-refractivity contribution in [1.29, 1.82) is 0 Å². The van der Waals surface area contributed by atoms with Crippen LogP contribution in [0.4, 0.5) is 13.2 Å². The Balaban J connectivity index is 2.35. The Kier molecular flexibility index (Phi) is 5.50. The molecular weight excluding hydrogens is 241 g/mol. The van der Waals surface area contributed by atoms with Crippen molar-refractivity contribution in [3.05, 3.63) is 0 Å². The Labute approximate surface area is 108 Å². The van der Waals surface area contributed by atoms with Crippen molar-refractivity contribution in [2.45, 2.75) is 77.0 Å². The lowest BCUT2D eigenvalue weighted by Gasteiger charge is -2.38. The molecule has 1 saturated carbocycles. The summed E-state index contributed by atoms with van der Waals surface area (Å²) in [6.45, 7) is 3.88. The van der Waals surface area contributed by atoms with Crippen molar-refractivity contribution in [3.63, 3.8) is 0 Å². The van der Waals surface area contributed by atoms with E-state index >= 15 is 0 Å². The fourth-order valence-electron chi connectivity index (χ4n) is 3.04. The number of alkyl halides is 3. The molecular formula is C14H25F3O. The van der Waals surface area contributed by atoms with Gasteiger partial charge < -0.3 is 5.11 Å². The summed E-state index contributed by atoms with van der Waals surface area (Å²) in [7, 11) is 0. The van der Waals surface area contributed by atoms with Crippen LogP contribution < -0.4 is 0 Å². The normalized spacial score (nSPS) is 29.0. The van der Waals surface area contributed by atoms with Crippen LogP contribution in [0.25, 0.3) is 0 Å². The molecule has 1 unspecified atom stereocenters. The van der Waals surface area contributed by atoms with Crippen molar-refractivity contribution < 1.29 is 18.3 Å². The van der Waals surface area contributed by atoms with Crippen molar-refractivity contribution in [2.24, 2.45) is 11.8 Å². The fourth-order valence-corrected chi connectivity index (χ4v) is 3.04. The molecule has 1 aliphatic rings. The van der Waals surface area contributed by atoms with E-state index in [4.69, 9.17) is 0 Å². The second-order valence-corrected chi connectivity index (χ2v) is 5.95. The highest BCUT2D eigenvalue weighted by Crippen LogP contribution is 2.39. The highest BCUT2D eigenvalue weighted by molar-refractivity contribution is 4.86. The van der Waals surface area contributed by atoms with Gasteiger partial charge in [0.25, 0.3) is 0 Å². The highest BCUT2D eigenvalue weighted by atomic mass is 19.4. The van der Waals surface area contributed by atoms with Gasteiger partial charge in [-0.05, 0) is 44.4 Å². The minimum absolute atomic E-state index is 0.0320. The van der Waals surface area contributed by atoms with E-state index in [0.29, 0.717) is 0 Å². The Bertz CT molecular complexity index is 240. The lowest BCUT2D eigenvalue weighted by molar-refractivity contribution is -0.139. The molecule has 0 aromatic carbocycles. The summed E-state index contributed by atoms with van der Waals surface area (Å²) in [5, 5.41) is 10.3. The number of rotatable bonds is 5. The summed E-state index contributed by atoms with van der Waals surface area (Å²) < 4.78 is 36.3. The molecule has 0 bridgehead atoms. The molecule has 1 aliphatic carbocycles. The molecule has 1 rings (SSSR count). The van der Waals surface area contributed by atoms with Crippen LogP contribution in [0.5, 0.6) is 0 Å². The first-order valence-electron chi connectivity index (χ1n) is 7.03. The van der Waals surface area contributed by atoms with Gasteiger partial charge in [-0.25, -0.2) is 0 Å². The maximum absolute atomic E-state index is 12.1. The summed E-state index contributed by atoms with van der Waals surface area (Å²) in [6, 6.07) is 0. The second kappa shape index (κ2) is 6.27. The minimum Gasteiger partial charge on any atom is -0.390 e. The zero-order valence-electron chi connectivity index (χ0n) is 11.4. The summed E-state index contributed by atoms with van der Waals surface area (Å²) in [5.74, 6) is 0.917. The quantitative estimate of drug-likeness (QED) is 0.765. The van der Waals surface area contributed by atoms with Crippen LogP contribution in [0.1, 0.15) is 65.2 Å². The molecule has 108 valence electrons. The Morgan fingerprint density at radius 2 is 1.61 bits per heavy atom. The van der Waals surface area contributed by atoms with Crippen LogP contribution in [0.2, 0.25) is 0 Å². The van der Waals surface area contributed by atoms with E-state index in [1.54, 1.807) is 6.92 Å². The number of halogens is 3. The number of aliphatic hydroxyl groups is 1. The van der Waals surface area contributed by atoms with Gasteiger partial charge in [0.05, 0.1) is 5.60 Å². The Morgan fingerprint density at radius 1 is 1.06 bits per heavy atom. The minimum atomic E-state index is -4.10. The molecule has 0 heterocycles. The molecule has 0 radical (unpaired) electrons. The molecule has 1 atom stereocenters. The molecule has 0 aliphatic heterocycles. The van der Waals surface area contributed by atoms with E-state index in [1.165, 1.54) is 6.42 Å². The molecule has 4 heteroatoms. The first-order valence-corrected chi connectivity index (χ1v) is 7.03. The fraction of sp³-hybridized carbons (Fsp3) is 1.00. The van der Waals surface area contributed by atoms with E-state index in [-0.39, 0.29) is 18.8 Å². The zero-order valence-corrected chi connectivity index (χ0v) is 11.4. The van der Waals surface area contributed by atoms with E-state index in [0.717, 1.165) is 31.6 Å². The first kappa shape index (κ1) is 15.8. The first-order chi connectivity index (χ1) is 8.24. The molecule has 0 spiro atoms. The average molecular weight is 266 g/mol. The van der Waals surface area contributed by atoms with Crippen LogP contribution >= 0.6 is 0 Å². The van der Waals surface area contributed by atoms with Crippen LogP contribution in [-0.4, -0.2) is 16.9 Å². The molecule has 1 fully saturated rings. The third-order valence-corrected chi connectivity index (χ3v) is 4.45. The Morgan fingerprint density at radius 3 is 2.06 bits per heavy atom. The lowest BCUT2D eigenvalue weighted by atomic mass is 9.72. The monoisotopic (exact) mass is 266 g/mol. The van der Waals surface area contributed by atoms with Gasteiger partial charge in [-0.3, -0.25) is 0 Å². The SMILES string of the molecule is CCC1CCC(C(C)(O)CCCC(F)(F)F)CC1. The van der Waals surface area contributed by atoms with Gasteiger partial charge in [0, 0.05) is 6.42 Å². The van der Waals surface area contributed by atoms with Gasteiger partial charge in [-0.15, -0.1) is 0 Å². The second-order valence-electron chi connectivity index (χ2n) is 5.95. The van der Waals surface area contributed by atoms with Crippen LogP contribution in [0.15, 0.2) is 0 Å². The van der Waals surface area contributed by atoms with E-state index in [1.807, 2.05) is 0 Å². The van der Waals surface area contributed by atoms with E-state index < -0.39 is 18.2 Å². The topological polar surface area (TPSA) is 20.2 Å². The van der Waals surface area contributed by atoms with Gasteiger partial charge >= 0.3 is 6.18 Å². The summed E-state index contributed by atoms with van der Waals surface area (Å²) in [5.41, 5.74) is -0.927. The van der Waals surface area contributed by atoms with Gasteiger partial charge in [-0.2, -0.15) is 13.2 Å². The molecule has 0 amide bonds. The van der Waals surface area contributed by atoms with Gasteiger partial charge in [0.15, 0.2) is 0 Å². The molecule has 0 saturated heterocycles. The predicted octanol–water partition coefficient (Wildman–Crippen LogP) is 4.69. The number of hydrogen-bond acceptors (Lipinski definition) is 1. The van der Waals surface area contributed by atoms with Gasteiger partial charge in [0.2, 0.25) is 0 Å². The maximum atomic E-state index is 12.1. The van der Waals surface area contributed by atoms with Crippen molar-refractivity contribution in [1.82, 2.24) is 0 Å².